The highest BCUT2D eigenvalue weighted by Gasteiger charge is 2.31. The van der Waals surface area contributed by atoms with Crippen molar-refractivity contribution >= 4 is 16.1 Å². The number of carbonyl (C=O) groups is 1. The number of hydrogen-bond acceptors (Lipinski definition) is 4. The van der Waals surface area contributed by atoms with Gasteiger partial charge in [-0.1, -0.05) is 6.07 Å². The number of phenolic OH excluding ortho intramolecular Hbond substituents is 1. The minimum Gasteiger partial charge on any atom is -0.507 e. The van der Waals surface area contributed by atoms with Crippen LogP contribution in [0.5, 0.6) is 5.75 Å². The molecule has 0 aliphatic carbocycles. The second-order valence-electron chi connectivity index (χ2n) is 5.97. The van der Waals surface area contributed by atoms with Crippen molar-refractivity contribution in [2.45, 2.75) is 31.7 Å². The summed E-state index contributed by atoms with van der Waals surface area (Å²) in [4.78, 5) is 13.5. The monoisotopic (exact) mass is 341 g/mol. The van der Waals surface area contributed by atoms with Crippen molar-refractivity contribution in [2.24, 2.45) is 0 Å². The number of amides is 2. The first-order valence-corrected chi connectivity index (χ1v) is 9.01. The summed E-state index contributed by atoms with van der Waals surface area (Å²) in [6.45, 7) is 6.59. The lowest BCUT2D eigenvalue weighted by atomic mass is 10.2. The Labute approximate surface area is 136 Å². The summed E-state index contributed by atoms with van der Waals surface area (Å²) < 4.78 is 26.6. The van der Waals surface area contributed by atoms with Crippen molar-refractivity contribution in [3.05, 3.63) is 23.8 Å². The maximum atomic E-state index is 12.7. The van der Waals surface area contributed by atoms with E-state index in [0.717, 1.165) is 5.56 Å². The Bertz CT molecular complexity index is 680. The molecule has 2 rings (SSSR count). The van der Waals surface area contributed by atoms with Crippen LogP contribution in [0.1, 0.15) is 19.4 Å². The molecule has 0 saturated carbocycles. The van der Waals surface area contributed by atoms with Crippen LogP contribution in [-0.2, 0) is 10.0 Å². The van der Waals surface area contributed by atoms with E-state index in [-0.39, 0.29) is 35.8 Å². The Morgan fingerprint density at radius 1 is 1.22 bits per heavy atom. The van der Waals surface area contributed by atoms with E-state index < -0.39 is 10.0 Å². The van der Waals surface area contributed by atoms with E-state index in [1.807, 2.05) is 13.8 Å². The summed E-state index contributed by atoms with van der Waals surface area (Å²) in [5.41, 5.74) is 0.760. The second-order valence-corrected chi connectivity index (χ2v) is 7.87. The number of carbonyl (C=O) groups excluding carboxylic acids is 1. The third kappa shape index (κ3) is 3.94. The largest absolute Gasteiger partial charge is 0.507 e. The summed E-state index contributed by atoms with van der Waals surface area (Å²) in [6, 6.07) is 4.35. The van der Waals surface area contributed by atoms with Crippen LogP contribution in [0, 0.1) is 6.92 Å². The van der Waals surface area contributed by atoms with Crippen LogP contribution in [0.4, 0.5) is 4.79 Å². The molecular weight excluding hydrogens is 318 g/mol. The molecule has 1 saturated heterocycles. The number of sulfonamides is 1. The normalized spacial score (nSPS) is 16.6. The SMILES string of the molecule is Cc1ccc(O)c(S(=O)(=O)N2CCN(C(=O)NC(C)C)CC2)c1. The molecule has 1 aliphatic rings. The lowest BCUT2D eigenvalue weighted by Crippen LogP contribution is -2.53. The Hall–Kier alpha value is -1.80. The predicted molar refractivity (Wildman–Crippen MR) is 86.8 cm³/mol. The molecule has 1 heterocycles. The van der Waals surface area contributed by atoms with Gasteiger partial charge in [-0.2, -0.15) is 4.31 Å². The molecule has 1 aromatic carbocycles. The van der Waals surface area contributed by atoms with E-state index in [2.05, 4.69) is 5.32 Å². The number of hydrogen-bond donors (Lipinski definition) is 2. The van der Waals surface area contributed by atoms with Gasteiger partial charge in [-0.05, 0) is 38.5 Å². The molecule has 1 aromatic rings. The lowest BCUT2D eigenvalue weighted by Gasteiger charge is -2.34. The summed E-state index contributed by atoms with van der Waals surface area (Å²) >= 11 is 0. The molecule has 0 radical (unpaired) electrons. The van der Waals surface area contributed by atoms with Gasteiger partial charge in [0, 0.05) is 32.2 Å². The van der Waals surface area contributed by atoms with Crippen molar-refractivity contribution in [2.75, 3.05) is 26.2 Å². The zero-order chi connectivity index (χ0) is 17.2. The third-order valence-corrected chi connectivity index (χ3v) is 5.60. The van der Waals surface area contributed by atoms with Gasteiger partial charge in [0.25, 0.3) is 0 Å². The van der Waals surface area contributed by atoms with Crippen LogP contribution in [0.3, 0.4) is 0 Å². The maximum Gasteiger partial charge on any atom is 0.317 e. The molecule has 0 unspecified atom stereocenters. The summed E-state index contributed by atoms with van der Waals surface area (Å²) in [5, 5.41) is 12.7. The standard InChI is InChI=1S/C15H23N3O4S/c1-11(2)16-15(20)17-6-8-18(9-7-17)23(21,22)14-10-12(3)4-5-13(14)19/h4-5,10-11,19H,6-9H2,1-3H3,(H,16,20). The van der Waals surface area contributed by atoms with Crippen molar-refractivity contribution in [1.82, 2.24) is 14.5 Å². The molecule has 2 N–H and O–H groups in total. The zero-order valence-corrected chi connectivity index (χ0v) is 14.4. The summed E-state index contributed by atoms with van der Waals surface area (Å²) in [5.74, 6) is -0.254. The van der Waals surface area contributed by atoms with E-state index in [0.29, 0.717) is 13.1 Å². The first-order chi connectivity index (χ1) is 10.7. The number of urea groups is 1. The fourth-order valence-corrected chi connectivity index (χ4v) is 4.03. The van der Waals surface area contributed by atoms with E-state index >= 15 is 0 Å². The van der Waals surface area contributed by atoms with Gasteiger partial charge in [-0.25, -0.2) is 13.2 Å². The molecule has 0 aromatic heterocycles. The Balaban J connectivity index is 2.10. The maximum absolute atomic E-state index is 12.7. The molecule has 128 valence electrons. The molecule has 0 atom stereocenters. The topological polar surface area (TPSA) is 90.0 Å². The van der Waals surface area contributed by atoms with Crippen LogP contribution < -0.4 is 5.32 Å². The number of aromatic hydroxyl groups is 1. The molecule has 7 nitrogen and oxygen atoms in total. The van der Waals surface area contributed by atoms with Gasteiger partial charge in [0.2, 0.25) is 10.0 Å². The minimum atomic E-state index is -3.76. The zero-order valence-electron chi connectivity index (χ0n) is 13.6. The highest BCUT2D eigenvalue weighted by molar-refractivity contribution is 7.89. The van der Waals surface area contributed by atoms with Crippen molar-refractivity contribution < 1.29 is 18.3 Å². The quantitative estimate of drug-likeness (QED) is 0.862. The van der Waals surface area contributed by atoms with E-state index in [9.17, 15) is 18.3 Å². The third-order valence-electron chi connectivity index (χ3n) is 3.67. The van der Waals surface area contributed by atoms with E-state index in [1.54, 1.807) is 17.9 Å². The number of aryl methyl sites for hydroxylation is 1. The highest BCUT2D eigenvalue weighted by atomic mass is 32.2. The van der Waals surface area contributed by atoms with E-state index in [4.69, 9.17) is 0 Å². The molecule has 23 heavy (non-hydrogen) atoms. The molecule has 1 fully saturated rings. The number of nitrogens with one attached hydrogen (secondary N) is 1. The molecule has 8 heteroatoms. The van der Waals surface area contributed by atoms with Crippen LogP contribution in [0.2, 0.25) is 0 Å². The first-order valence-electron chi connectivity index (χ1n) is 7.57. The van der Waals surface area contributed by atoms with Crippen molar-refractivity contribution in [3.8, 4) is 5.75 Å². The van der Waals surface area contributed by atoms with Crippen LogP contribution >= 0.6 is 0 Å². The fourth-order valence-electron chi connectivity index (χ4n) is 2.44. The Morgan fingerprint density at radius 3 is 2.39 bits per heavy atom. The lowest BCUT2D eigenvalue weighted by molar-refractivity contribution is 0.170. The number of nitrogens with zero attached hydrogens (tertiary/aromatic N) is 2. The summed E-state index contributed by atoms with van der Waals surface area (Å²) in [7, 11) is -3.76. The van der Waals surface area contributed by atoms with Gasteiger partial charge in [0.15, 0.2) is 0 Å². The predicted octanol–water partition coefficient (Wildman–Crippen LogP) is 1.12. The highest BCUT2D eigenvalue weighted by Crippen LogP contribution is 2.27. The van der Waals surface area contributed by atoms with Crippen LogP contribution in [0.15, 0.2) is 23.1 Å². The number of phenols is 1. The average Bonchev–Trinajstić information content (AvgIpc) is 2.49. The molecule has 1 aliphatic heterocycles. The molecule has 0 spiro atoms. The van der Waals surface area contributed by atoms with Gasteiger partial charge < -0.3 is 15.3 Å². The summed E-state index contributed by atoms with van der Waals surface area (Å²) in [6.07, 6.45) is 0. The molecule has 0 bridgehead atoms. The first kappa shape index (κ1) is 17.6. The Morgan fingerprint density at radius 2 is 1.83 bits per heavy atom. The van der Waals surface area contributed by atoms with Gasteiger partial charge in [0.1, 0.15) is 10.6 Å². The Kier molecular flexibility index (Phi) is 5.16. The van der Waals surface area contributed by atoms with Crippen LogP contribution in [-0.4, -0.2) is 61.0 Å². The number of benzene rings is 1. The van der Waals surface area contributed by atoms with Crippen LogP contribution in [0.25, 0.3) is 0 Å². The smallest absolute Gasteiger partial charge is 0.317 e. The van der Waals surface area contributed by atoms with Gasteiger partial charge in [0.05, 0.1) is 0 Å². The van der Waals surface area contributed by atoms with E-state index in [1.165, 1.54) is 16.4 Å². The second kappa shape index (κ2) is 6.76. The van der Waals surface area contributed by atoms with Crippen molar-refractivity contribution in [3.63, 3.8) is 0 Å². The van der Waals surface area contributed by atoms with Gasteiger partial charge >= 0.3 is 6.03 Å². The fraction of sp³-hybridized carbons (Fsp3) is 0.533. The number of rotatable bonds is 3. The molecular formula is C15H23N3O4S. The minimum absolute atomic E-state index is 0.0357. The molecule has 2 amide bonds. The van der Waals surface area contributed by atoms with Gasteiger partial charge in [-0.15, -0.1) is 0 Å². The van der Waals surface area contributed by atoms with Gasteiger partial charge in [-0.3, -0.25) is 0 Å². The average molecular weight is 341 g/mol. The van der Waals surface area contributed by atoms with Crippen molar-refractivity contribution in [1.29, 1.82) is 0 Å². The number of piperazine rings is 1.